The molecular formula is C13H25NO2. The van der Waals surface area contributed by atoms with E-state index in [4.69, 9.17) is 0 Å². The summed E-state index contributed by atoms with van der Waals surface area (Å²) < 4.78 is 0. The summed E-state index contributed by atoms with van der Waals surface area (Å²) in [6, 6.07) is 0. The van der Waals surface area contributed by atoms with Gasteiger partial charge in [0.05, 0.1) is 5.60 Å². The topological polar surface area (TPSA) is 49.3 Å². The smallest absolute Gasteiger partial charge is 0.220 e. The Morgan fingerprint density at radius 1 is 1.44 bits per heavy atom. The number of rotatable bonds is 6. The Kier molecular flexibility index (Phi) is 5.26. The average molecular weight is 227 g/mol. The SMILES string of the molecule is CCC(C)(O)CNC(=O)CCC1CCCC1. The Balaban J connectivity index is 2.10. The van der Waals surface area contributed by atoms with Gasteiger partial charge in [-0.15, -0.1) is 0 Å². The summed E-state index contributed by atoms with van der Waals surface area (Å²) in [5.41, 5.74) is -0.761. The number of hydrogen-bond donors (Lipinski definition) is 2. The maximum atomic E-state index is 11.5. The van der Waals surface area contributed by atoms with Crippen molar-refractivity contribution in [2.75, 3.05) is 6.54 Å². The van der Waals surface area contributed by atoms with Crippen LogP contribution in [0.5, 0.6) is 0 Å². The largest absolute Gasteiger partial charge is 0.388 e. The zero-order chi connectivity index (χ0) is 12.0. The molecule has 2 N–H and O–H groups in total. The van der Waals surface area contributed by atoms with Gasteiger partial charge in [0.2, 0.25) is 5.91 Å². The second-order valence-electron chi connectivity index (χ2n) is 5.32. The minimum Gasteiger partial charge on any atom is -0.388 e. The van der Waals surface area contributed by atoms with Crippen molar-refractivity contribution in [2.45, 2.75) is 64.4 Å². The van der Waals surface area contributed by atoms with E-state index < -0.39 is 5.60 Å². The molecule has 94 valence electrons. The molecule has 0 spiro atoms. The van der Waals surface area contributed by atoms with Gasteiger partial charge in [-0.1, -0.05) is 32.6 Å². The third kappa shape index (κ3) is 4.97. The van der Waals surface area contributed by atoms with Crippen molar-refractivity contribution in [2.24, 2.45) is 5.92 Å². The first-order valence-corrected chi connectivity index (χ1v) is 6.52. The van der Waals surface area contributed by atoms with E-state index in [1.807, 2.05) is 6.92 Å². The summed E-state index contributed by atoms with van der Waals surface area (Å²) in [6.07, 6.45) is 7.54. The molecule has 0 saturated heterocycles. The minimum absolute atomic E-state index is 0.0839. The predicted octanol–water partition coefficient (Wildman–Crippen LogP) is 2.23. The van der Waals surface area contributed by atoms with Gasteiger partial charge in [0.1, 0.15) is 0 Å². The summed E-state index contributed by atoms with van der Waals surface area (Å²) in [6.45, 7) is 4.04. The highest BCUT2D eigenvalue weighted by Crippen LogP contribution is 2.28. The molecule has 3 heteroatoms. The second kappa shape index (κ2) is 6.24. The second-order valence-corrected chi connectivity index (χ2v) is 5.32. The number of nitrogens with one attached hydrogen (secondary N) is 1. The van der Waals surface area contributed by atoms with Crippen molar-refractivity contribution in [1.82, 2.24) is 5.32 Å². The first-order chi connectivity index (χ1) is 7.53. The molecule has 1 atom stereocenters. The number of amides is 1. The van der Waals surface area contributed by atoms with E-state index in [0.717, 1.165) is 12.3 Å². The van der Waals surface area contributed by atoms with E-state index in [2.05, 4.69) is 5.32 Å². The molecule has 1 amide bonds. The lowest BCUT2D eigenvalue weighted by Crippen LogP contribution is -2.40. The minimum atomic E-state index is -0.761. The van der Waals surface area contributed by atoms with Crippen LogP contribution in [0.3, 0.4) is 0 Å². The standard InChI is InChI=1S/C13H25NO2/c1-3-13(2,16)10-14-12(15)9-8-11-6-4-5-7-11/h11,16H,3-10H2,1-2H3,(H,14,15). The summed E-state index contributed by atoms with van der Waals surface area (Å²) in [5, 5.41) is 12.5. The van der Waals surface area contributed by atoms with Gasteiger partial charge in [0.15, 0.2) is 0 Å². The van der Waals surface area contributed by atoms with E-state index in [-0.39, 0.29) is 5.91 Å². The highest BCUT2D eigenvalue weighted by molar-refractivity contribution is 5.75. The predicted molar refractivity (Wildman–Crippen MR) is 65.1 cm³/mol. The Labute approximate surface area is 98.6 Å². The Hall–Kier alpha value is -0.570. The summed E-state index contributed by atoms with van der Waals surface area (Å²) in [4.78, 5) is 11.5. The molecule has 3 nitrogen and oxygen atoms in total. The summed E-state index contributed by atoms with van der Waals surface area (Å²) >= 11 is 0. The van der Waals surface area contributed by atoms with E-state index in [1.54, 1.807) is 6.92 Å². The van der Waals surface area contributed by atoms with Gasteiger partial charge >= 0.3 is 0 Å². The third-order valence-corrected chi connectivity index (χ3v) is 3.68. The fourth-order valence-electron chi connectivity index (χ4n) is 2.14. The Morgan fingerprint density at radius 3 is 2.62 bits per heavy atom. The van der Waals surface area contributed by atoms with Crippen LogP contribution in [0.2, 0.25) is 0 Å². The zero-order valence-corrected chi connectivity index (χ0v) is 10.6. The van der Waals surface area contributed by atoms with E-state index in [0.29, 0.717) is 19.4 Å². The molecule has 1 saturated carbocycles. The molecule has 0 aromatic heterocycles. The highest BCUT2D eigenvalue weighted by atomic mass is 16.3. The van der Waals surface area contributed by atoms with Crippen molar-refractivity contribution in [3.8, 4) is 0 Å². The summed E-state index contributed by atoms with van der Waals surface area (Å²) in [7, 11) is 0. The van der Waals surface area contributed by atoms with E-state index in [9.17, 15) is 9.90 Å². The molecule has 0 aliphatic heterocycles. The number of aliphatic hydroxyl groups is 1. The fourth-order valence-corrected chi connectivity index (χ4v) is 2.14. The molecule has 0 radical (unpaired) electrons. The molecule has 1 unspecified atom stereocenters. The molecule has 1 fully saturated rings. The molecule has 0 aromatic rings. The van der Waals surface area contributed by atoms with E-state index >= 15 is 0 Å². The normalized spacial score (nSPS) is 20.7. The van der Waals surface area contributed by atoms with Crippen molar-refractivity contribution in [3.63, 3.8) is 0 Å². The molecule has 1 aliphatic rings. The lowest BCUT2D eigenvalue weighted by atomic mass is 10.0. The van der Waals surface area contributed by atoms with Gasteiger partial charge in [-0.3, -0.25) is 4.79 Å². The molecule has 0 bridgehead atoms. The van der Waals surface area contributed by atoms with Gasteiger partial charge < -0.3 is 10.4 Å². The van der Waals surface area contributed by atoms with Crippen molar-refractivity contribution < 1.29 is 9.90 Å². The Morgan fingerprint density at radius 2 is 2.06 bits per heavy atom. The van der Waals surface area contributed by atoms with Crippen LogP contribution in [0.25, 0.3) is 0 Å². The maximum absolute atomic E-state index is 11.5. The van der Waals surface area contributed by atoms with E-state index in [1.165, 1.54) is 25.7 Å². The fraction of sp³-hybridized carbons (Fsp3) is 0.923. The molecule has 16 heavy (non-hydrogen) atoms. The average Bonchev–Trinajstić information content (AvgIpc) is 2.76. The summed E-state index contributed by atoms with van der Waals surface area (Å²) in [5.74, 6) is 0.845. The van der Waals surface area contributed by atoms with Crippen LogP contribution in [0.1, 0.15) is 58.8 Å². The quantitative estimate of drug-likeness (QED) is 0.731. The van der Waals surface area contributed by atoms with Gasteiger partial charge in [0, 0.05) is 13.0 Å². The van der Waals surface area contributed by atoms with Gasteiger partial charge in [-0.05, 0) is 25.7 Å². The van der Waals surface area contributed by atoms with Crippen molar-refractivity contribution in [3.05, 3.63) is 0 Å². The van der Waals surface area contributed by atoms with Gasteiger partial charge in [-0.25, -0.2) is 0 Å². The van der Waals surface area contributed by atoms with Crippen LogP contribution in [0.4, 0.5) is 0 Å². The molecule has 0 heterocycles. The van der Waals surface area contributed by atoms with Crippen molar-refractivity contribution >= 4 is 5.91 Å². The highest BCUT2D eigenvalue weighted by Gasteiger charge is 2.19. The zero-order valence-electron chi connectivity index (χ0n) is 10.6. The van der Waals surface area contributed by atoms with Gasteiger partial charge in [-0.2, -0.15) is 0 Å². The van der Waals surface area contributed by atoms with Crippen LogP contribution in [-0.4, -0.2) is 23.2 Å². The van der Waals surface area contributed by atoms with Crippen LogP contribution < -0.4 is 5.32 Å². The number of hydrogen-bond acceptors (Lipinski definition) is 2. The first-order valence-electron chi connectivity index (χ1n) is 6.52. The molecule has 1 aliphatic carbocycles. The lowest BCUT2D eigenvalue weighted by Gasteiger charge is -2.21. The monoisotopic (exact) mass is 227 g/mol. The lowest BCUT2D eigenvalue weighted by molar-refractivity contribution is -0.122. The van der Waals surface area contributed by atoms with Crippen LogP contribution in [0.15, 0.2) is 0 Å². The van der Waals surface area contributed by atoms with Crippen LogP contribution in [0, 0.1) is 5.92 Å². The van der Waals surface area contributed by atoms with Crippen LogP contribution in [-0.2, 0) is 4.79 Å². The maximum Gasteiger partial charge on any atom is 0.220 e. The molecular weight excluding hydrogens is 202 g/mol. The third-order valence-electron chi connectivity index (χ3n) is 3.68. The number of carbonyl (C=O) groups is 1. The molecule has 1 rings (SSSR count). The first kappa shape index (κ1) is 13.5. The van der Waals surface area contributed by atoms with Crippen molar-refractivity contribution in [1.29, 1.82) is 0 Å². The van der Waals surface area contributed by atoms with Gasteiger partial charge in [0.25, 0.3) is 0 Å². The Bertz CT molecular complexity index is 220. The molecule has 0 aromatic carbocycles. The van der Waals surface area contributed by atoms with Crippen LogP contribution >= 0.6 is 0 Å². The number of carbonyl (C=O) groups excluding carboxylic acids is 1.